The lowest BCUT2D eigenvalue weighted by Gasteiger charge is -2.23. The lowest BCUT2D eigenvalue weighted by Crippen LogP contribution is -2.35. The summed E-state index contributed by atoms with van der Waals surface area (Å²) in [5.41, 5.74) is 1.00. The van der Waals surface area contributed by atoms with Gasteiger partial charge in [-0.25, -0.2) is 4.79 Å². The molecular formula is C14H18N2O2. The molecule has 0 aromatic heterocycles. The zero-order valence-corrected chi connectivity index (χ0v) is 11.0. The largest absolute Gasteiger partial charge is 0.327 e. The quantitative estimate of drug-likeness (QED) is 0.804. The van der Waals surface area contributed by atoms with Gasteiger partial charge in [-0.05, 0) is 12.5 Å². The number of urea groups is 1. The van der Waals surface area contributed by atoms with Crippen molar-refractivity contribution >= 4 is 11.9 Å². The molecule has 4 heteroatoms. The molecule has 1 heterocycles. The summed E-state index contributed by atoms with van der Waals surface area (Å²) in [6, 6.07) is 9.32. The highest BCUT2D eigenvalue weighted by molar-refractivity contribution is 5.96. The number of hydrogen-bond acceptors (Lipinski definition) is 2. The van der Waals surface area contributed by atoms with Gasteiger partial charge in [0.15, 0.2) is 0 Å². The molecule has 18 heavy (non-hydrogen) atoms. The number of carbonyl (C=O) groups excluding carboxylic acids is 2. The summed E-state index contributed by atoms with van der Waals surface area (Å²) < 4.78 is 0. The normalized spacial score (nSPS) is 23.6. The Morgan fingerprint density at radius 3 is 2.44 bits per heavy atom. The van der Waals surface area contributed by atoms with E-state index in [0.717, 1.165) is 5.56 Å². The van der Waals surface area contributed by atoms with E-state index in [2.05, 4.69) is 0 Å². The number of carbonyl (C=O) groups is 2. The van der Waals surface area contributed by atoms with Crippen molar-refractivity contribution in [1.29, 1.82) is 0 Å². The third-order valence-corrected chi connectivity index (χ3v) is 3.57. The van der Waals surface area contributed by atoms with Crippen LogP contribution < -0.4 is 0 Å². The van der Waals surface area contributed by atoms with Crippen molar-refractivity contribution in [3.05, 3.63) is 35.9 Å². The first kappa shape index (κ1) is 12.6. The van der Waals surface area contributed by atoms with Gasteiger partial charge < -0.3 is 4.90 Å². The molecule has 0 N–H and O–H groups in total. The summed E-state index contributed by atoms with van der Waals surface area (Å²) in [4.78, 5) is 27.1. The highest BCUT2D eigenvalue weighted by atomic mass is 16.2. The molecule has 1 aromatic carbocycles. The van der Waals surface area contributed by atoms with Gasteiger partial charge >= 0.3 is 6.03 Å². The van der Waals surface area contributed by atoms with Crippen LogP contribution in [-0.2, 0) is 4.79 Å². The van der Waals surface area contributed by atoms with Gasteiger partial charge in [0.25, 0.3) is 0 Å². The molecule has 1 aliphatic rings. The van der Waals surface area contributed by atoms with Gasteiger partial charge in [0.1, 0.15) is 0 Å². The second-order valence-electron chi connectivity index (χ2n) is 4.61. The van der Waals surface area contributed by atoms with Crippen LogP contribution in [0.1, 0.15) is 31.9 Å². The van der Waals surface area contributed by atoms with E-state index >= 15 is 0 Å². The Bertz CT molecular complexity index is 458. The zero-order valence-electron chi connectivity index (χ0n) is 11.0. The van der Waals surface area contributed by atoms with E-state index in [9.17, 15) is 9.59 Å². The monoisotopic (exact) mass is 246 g/mol. The Balaban J connectivity index is 2.42. The maximum Gasteiger partial charge on any atom is 0.327 e. The van der Waals surface area contributed by atoms with Crippen LogP contribution in [0, 0.1) is 0 Å². The minimum absolute atomic E-state index is 0.00426. The van der Waals surface area contributed by atoms with E-state index in [-0.39, 0.29) is 24.0 Å². The molecule has 3 amide bonds. The van der Waals surface area contributed by atoms with Gasteiger partial charge in [0.2, 0.25) is 5.91 Å². The molecule has 1 aromatic rings. The van der Waals surface area contributed by atoms with Gasteiger partial charge in [-0.2, -0.15) is 0 Å². The van der Waals surface area contributed by atoms with Crippen LogP contribution in [0.3, 0.4) is 0 Å². The molecule has 96 valence electrons. The molecule has 0 bridgehead atoms. The molecule has 0 unspecified atom stereocenters. The highest BCUT2D eigenvalue weighted by Crippen LogP contribution is 2.34. The Morgan fingerprint density at radius 2 is 1.89 bits per heavy atom. The van der Waals surface area contributed by atoms with Crippen LogP contribution >= 0.6 is 0 Å². The molecule has 1 aliphatic heterocycles. The zero-order chi connectivity index (χ0) is 13.3. The summed E-state index contributed by atoms with van der Waals surface area (Å²) in [6.07, 6.45) is 0.343. The Morgan fingerprint density at radius 1 is 1.28 bits per heavy atom. The fourth-order valence-corrected chi connectivity index (χ4v) is 2.40. The minimum Gasteiger partial charge on any atom is -0.322 e. The van der Waals surface area contributed by atoms with Crippen molar-refractivity contribution in [2.75, 3.05) is 7.05 Å². The molecule has 0 aliphatic carbocycles. The van der Waals surface area contributed by atoms with Crippen molar-refractivity contribution < 1.29 is 9.59 Å². The molecule has 2 rings (SSSR count). The predicted octanol–water partition coefficient (Wildman–Crippen LogP) is 2.42. The van der Waals surface area contributed by atoms with Crippen LogP contribution in [0.25, 0.3) is 0 Å². The predicted molar refractivity (Wildman–Crippen MR) is 68.9 cm³/mol. The van der Waals surface area contributed by atoms with E-state index in [1.54, 1.807) is 18.9 Å². The first-order valence-electron chi connectivity index (χ1n) is 6.21. The van der Waals surface area contributed by atoms with Gasteiger partial charge in [0, 0.05) is 13.5 Å². The van der Waals surface area contributed by atoms with Gasteiger partial charge in [-0.3, -0.25) is 9.69 Å². The first-order valence-corrected chi connectivity index (χ1v) is 6.21. The summed E-state index contributed by atoms with van der Waals surface area (Å²) in [7, 11) is 1.74. The molecule has 1 saturated heterocycles. The number of hydrogen-bond donors (Lipinski definition) is 0. The SMILES string of the molecule is CCC(=O)N1C(=O)N(C)[C@H](C)[C@@H]1c1ccccc1. The summed E-state index contributed by atoms with van der Waals surface area (Å²) >= 11 is 0. The van der Waals surface area contributed by atoms with E-state index in [0.29, 0.717) is 6.42 Å². The molecule has 0 radical (unpaired) electrons. The lowest BCUT2D eigenvalue weighted by molar-refractivity contribution is -0.129. The fraction of sp³-hybridized carbons (Fsp3) is 0.429. The summed E-state index contributed by atoms with van der Waals surface area (Å²) in [5, 5.41) is 0. The first-order chi connectivity index (χ1) is 8.57. The number of nitrogens with zero attached hydrogens (tertiary/aromatic N) is 2. The lowest BCUT2D eigenvalue weighted by atomic mass is 10.0. The van der Waals surface area contributed by atoms with Crippen molar-refractivity contribution in [3.8, 4) is 0 Å². The minimum atomic E-state index is -0.205. The fourth-order valence-electron chi connectivity index (χ4n) is 2.40. The van der Waals surface area contributed by atoms with Gasteiger partial charge in [-0.1, -0.05) is 37.3 Å². The van der Waals surface area contributed by atoms with Crippen LogP contribution in [0.15, 0.2) is 30.3 Å². The maximum absolute atomic E-state index is 12.1. The maximum atomic E-state index is 12.1. The van der Waals surface area contributed by atoms with Crippen molar-refractivity contribution in [2.24, 2.45) is 0 Å². The molecule has 4 nitrogen and oxygen atoms in total. The number of imide groups is 1. The average Bonchev–Trinajstić information content (AvgIpc) is 2.63. The van der Waals surface area contributed by atoms with Gasteiger partial charge in [-0.15, -0.1) is 0 Å². The Hall–Kier alpha value is -1.84. The van der Waals surface area contributed by atoms with E-state index in [1.165, 1.54) is 4.90 Å². The van der Waals surface area contributed by atoms with Crippen LogP contribution in [0.4, 0.5) is 4.79 Å². The van der Waals surface area contributed by atoms with Crippen LogP contribution in [0.2, 0.25) is 0 Å². The topological polar surface area (TPSA) is 40.6 Å². The van der Waals surface area contributed by atoms with Crippen LogP contribution in [-0.4, -0.2) is 34.8 Å². The number of amides is 3. The number of likely N-dealkylation sites (N-methyl/N-ethyl adjacent to an activating group) is 1. The third-order valence-electron chi connectivity index (χ3n) is 3.57. The van der Waals surface area contributed by atoms with Crippen molar-refractivity contribution in [2.45, 2.75) is 32.4 Å². The molecule has 2 atom stereocenters. The molecule has 1 fully saturated rings. The summed E-state index contributed by atoms with van der Waals surface area (Å²) in [6.45, 7) is 3.75. The van der Waals surface area contributed by atoms with Crippen molar-refractivity contribution in [1.82, 2.24) is 9.80 Å². The Kier molecular flexibility index (Phi) is 3.36. The summed E-state index contributed by atoms with van der Waals surface area (Å²) in [5.74, 6) is -0.120. The molecule has 0 spiro atoms. The van der Waals surface area contributed by atoms with Crippen LogP contribution in [0.5, 0.6) is 0 Å². The third kappa shape index (κ3) is 1.88. The second kappa shape index (κ2) is 4.80. The molecular weight excluding hydrogens is 228 g/mol. The standard InChI is InChI=1S/C14H18N2O2/c1-4-12(17)16-13(10(2)15(3)14(16)18)11-8-6-5-7-9-11/h5-10,13H,4H2,1-3H3/t10-,13-/m1/s1. The molecule has 0 saturated carbocycles. The second-order valence-corrected chi connectivity index (χ2v) is 4.61. The smallest absolute Gasteiger partial charge is 0.322 e. The van der Waals surface area contributed by atoms with E-state index in [4.69, 9.17) is 0 Å². The van der Waals surface area contributed by atoms with Gasteiger partial charge in [0.05, 0.1) is 12.1 Å². The average molecular weight is 246 g/mol. The van der Waals surface area contributed by atoms with E-state index in [1.807, 2.05) is 37.3 Å². The highest BCUT2D eigenvalue weighted by Gasteiger charge is 2.44. The number of rotatable bonds is 2. The Labute approximate surface area is 107 Å². The number of benzene rings is 1. The van der Waals surface area contributed by atoms with Crippen molar-refractivity contribution in [3.63, 3.8) is 0 Å². The van der Waals surface area contributed by atoms with E-state index < -0.39 is 0 Å².